The van der Waals surface area contributed by atoms with Crippen molar-refractivity contribution in [3.63, 3.8) is 0 Å². The molecule has 7 nitrogen and oxygen atoms in total. The van der Waals surface area contributed by atoms with Crippen LogP contribution in [0.3, 0.4) is 0 Å². The molecule has 0 heterocycles. The van der Waals surface area contributed by atoms with Crippen molar-refractivity contribution < 1.29 is 19.5 Å². The molecule has 7 heteroatoms. The summed E-state index contributed by atoms with van der Waals surface area (Å²) < 4.78 is 0. The minimum absolute atomic E-state index is 0.000730. The average Bonchev–Trinajstić information content (AvgIpc) is 2.52. The van der Waals surface area contributed by atoms with Crippen molar-refractivity contribution >= 4 is 17.8 Å². The monoisotopic (exact) mass is 331 g/mol. The van der Waals surface area contributed by atoms with Gasteiger partial charge in [0.25, 0.3) is 0 Å². The van der Waals surface area contributed by atoms with E-state index < -0.39 is 29.9 Å². The fourth-order valence-electron chi connectivity index (χ4n) is 2.27. The molecule has 1 rings (SSSR count). The molecule has 0 fully saturated rings. The van der Waals surface area contributed by atoms with Crippen molar-refractivity contribution in [2.45, 2.75) is 38.8 Å². The van der Waals surface area contributed by atoms with Gasteiger partial charge in [-0.15, -0.1) is 0 Å². The number of nitriles is 1. The van der Waals surface area contributed by atoms with Gasteiger partial charge in [-0.2, -0.15) is 5.26 Å². The molecule has 0 radical (unpaired) electrons. The zero-order valence-electron chi connectivity index (χ0n) is 13.7. The van der Waals surface area contributed by atoms with Crippen LogP contribution in [0.25, 0.3) is 0 Å². The van der Waals surface area contributed by atoms with Gasteiger partial charge in [0, 0.05) is 25.7 Å². The van der Waals surface area contributed by atoms with Gasteiger partial charge in [-0.25, -0.2) is 4.79 Å². The molecule has 128 valence electrons. The summed E-state index contributed by atoms with van der Waals surface area (Å²) >= 11 is 0. The second kappa shape index (κ2) is 9.30. The molecular weight excluding hydrogens is 310 g/mol. The summed E-state index contributed by atoms with van der Waals surface area (Å²) in [5.41, 5.74) is 0.836. The van der Waals surface area contributed by atoms with Crippen LogP contribution in [0.5, 0.6) is 0 Å². The molecule has 0 unspecified atom stereocenters. The largest absolute Gasteiger partial charge is 0.480 e. The molecule has 1 aromatic carbocycles. The summed E-state index contributed by atoms with van der Waals surface area (Å²) in [5, 5.41) is 22.9. The number of aliphatic carboxylic acids is 1. The highest BCUT2D eigenvalue weighted by atomic mass is 16.4. The maximum absolute atomic E-state index is 12.4. The first-order valence-electron chi connectivity index (χ1n) is 7.56. The molecule has 0 aliphatic rings. The highest BCUT2D eigenvalue weighted by Crippen LogP contribution is 2.10. The van der Waals surface area contributed by atoms with Crippen molar-refractivity contribution in [3.8, 4) is 6.07 Å². The smallest absolute Gasteiger partial charge is 0.326 e. The van der Waals surface area contributed by atoms with E-state index in [1.807, 2.05) is 36.4 Å². The molecular formula is C17H21N3O4. The number of hydrogen-bond acceptors (Lipinski definition) is 4. The van der Waals surface area contributed by atoms with Crippen LogP contribution in [0.15, 0.2) is 30.3 Å². The van der Waals surface area contributed by atoms with Crippen molar-refractivity contribution in [2.75, 3.05) is 0 Å². The highest BCUT2D eigenvalue weighted by molar-refractivity contribution is 5.90. The maximum Gasteiger partial charge on any atom is 0.326 e. The number of benzene rings is 1. The molecule has 0 aliphatic carbocycles. The molecule has 2 amide bonds. The lowest BCUT2D eigenvalue weighted by Gasteiger charge is -2.23. The van der Waals surface area contributed by atoms with Gasteiger partial charge in [0.05, 0.1) is 6.07 Å². The number of carboxylic acid groups (broad SMARTS) is 1. The summed E-state index contributed by atoms with van der Waals surface area (Å²) in [6.07, 6.45) is 0.242. The number of rotatable bonds is 8. The first kappa shape index (κ1) is 19.2. The molecule has 0 saturated heterocycles. The topological polar surface area (TPSA) is 119 Å². The van der Waals surface area contributed by atoms with Gasteiger partial charge in [0.2, 0.25) is 11.8 Å². The third-order valence-electron chi connectivity index (χ3n) is 3.52. The van der Waals surface area contributed by atoms with E-state index in [0.717, 1.165) is 5.56 Å². The van der Waals surface area contributed by atoms with Gasteiger partial charge >= 0.3 is 5.97 Å². The second-order valence-corrected chi connectivity index (χ2v) is 5.61. The number of carbonyl (C=O) groups excluding carboxylic acids is 2. The van der Waals surface area contributed by atoms with Gasteiger partial charge < -0.3 is 15.7 Å². The Bertz CT molecular complexity index is 624. The predicted octanol–water partition coefficient (Wildman–Crippen LogP) is 0.853. The van der Waals surface area contributed by atoms with Crippen LogP contribution < -0.4 is 10.6 Å². The van der Waals surface area contributed by atoms with E-state index in [1.54, 1.807) is 6.92 Å². The third-order valence-corrected chi connectivity index (χ3v) is 3.52. The standard InChI is InChI=1S/C17H21N3O4/c1-11(8-9-18)15(17(23)24)20-16(22)14(19-12(2)21)10-13-6-4-3-5-7-13/h3-7,11,14-15H,8,10H2,1-2H3,(H,19,21)(H,20,22)(H,23,24)/t11-,14-,15-/m0/s1. The number of carboxylic acids is 1. The van der Waals surface area contributed by atoms with E-state index in [1.165, 1.54) is 6.92 Å². The van der Waals surface area contributed by atoms with Crippen LogP contribution in [0.2, 0.25) is 0 Å². The van der Waals surface area contributed by atoms with Crippen molar-refractivity contribution in [2.24, 2.45) is 5.92 Å². The summed E-state index contributed by atoms with van der Waals surface area (Å²) in [6.45, 7) is 2.87. The Kier molecular flexibility index (Phi) is 7.43. The molecule has 0 aliphatic heterocycles. The zero-order valence-corrected chi connectivity index (χ0v) is 13.7. The van der Waals surface area contributed by atoms with Crippen LogP contribution in [-0.2, 0) is 20.8 Å². The SMILES string of the molecule is CC(=O)N[C@@H](Cc1ccccc1)C(=O)N[C@H](C(=O)O)[C@@H](C)CC#N. The Balaban J connectivity index is 2.88. The fraction of sp³-hybridized carbons (Fsp3) is 0.412. The lowest BCUT2D eigenvalue weighted by molar-refractivity contribution is -0.143. The van der Waals surface area contributed by atoms with E-state index >= 15 is 0 Å². The van der Waals surface area contributed by atoms with Crippen LogP contribution in [0.4, 0.5) is 0 Å². The Morgan fingerprint density at radius 2 is 1.83 bits per heavy atom. The number of carbonyl (C=O) groups is 3. The van der Waals surface area contributed by atoms with Gasteiger partial charge in [-0.3, -0.25) is 9.59 Å². The summed E-state index contributed by atoms with van der Waals surface area (Å²) in [4.78, 5) is 35.1. The van der Waals surface area contributed by atoms with E-state index in [2.05, 4.69) is 10.6 Å². The lowest BCUT2D eigenvalue weighted by atomic mass is 9.98. The van der Waals surface area contributed by atoms with Gasteiger partial charge in [0.15, 0.2) is 0 Å². The molecule has 3 N–H and O–H groups in total. The average molecular weight is 331 g/mol. The predicted molar refractivity (Wildman–Crippen MR) is 86.7 cm³/mol. The number of nitrogens with one attached hydrogen (secondary N) is 2. The van der Waals surface area contributed by atoms with E-state index in [4.69, 9.17) is 5.26 Å². The van der Waals surface area contributed by atoms with Gasteiger partial charge in [0.1, 0.15) is 12.1 Å². The third kappa shape index (κ3) is 6.08. The Labute approximate surface area is 140 Å². The van der Waals surface area contributed by atoms with Crippen LogP contribution in [0, 0.1) is 17.2 Å². The molecule has 0 spiro atoms. The maximum atomic E-state index is 12.4. The highest BCUT2D eigenvalue weighted by Gasteiger charge is 2.29. The number of nitrogens with zero attached hydrogens (tertiary/aromatic N) is 1. The minimum atomic E-state index is -1.22. The molecule has 24 heavy (non-hydrogen) atoms. The number of amides is 2. The zero-order chi connectivity index (χ0) is 18.1. The van der Waals surface area contributed by atoms with Crippen molar-refractivity contribution in [1.29, 1.82) is 5.26 Å². The second-order valence-electron chi connectivity index (χ2n) is 5.61. The van der Waals surface area contributed by atoms with Gasteiger partial charge in [-0.1, -0.05) is 37.3 Å². The van der Waals surface area contributed by atoms with Crippen molar-refractivity contribution in [3.05, 3.63) is 35.9 Å². The molecule has 0 aromatic heterocycles. The molecule has 3 atom stereocenters. The van der Waals surface area contributed by atoms with Crippen LogP contribution in [0.1, 0.15) is 25.8 Å². The first-order chi connectivity index (χ1) is 11.3. The van der Waals surface area contributed by atoms with E-state index in [0.29, 0.717) is 0 Å². The summed E-state index contributed by atoms with van der Waals surface area (Å²) in [5.74, 6) is -2.74. The minimum Gasteiger partial charge on any atom is -0.480 e. The number of hydrogen-bond donors (Lipinski definition) is 3. The molecule has 0 bridgehead atoms. The van der Waals surface area contributed by atoms with Crippen LogP contribution in [-0.4, -0.2) is 35.0 Å². The fourth-order valence-corrected chi connectivity index (χ4v) is 2.27. The quantitative estimate of drug-likeness (QED) is 0.652. The first-order valence-corrected chi connectivity index (χ1v) is 7.56. The Hall–Kier alpha value is -2.88. The lowest BCUT2D eigenvalue weighted by Crippen LogP contribution is -2.53. The molecule has 1 aromatic rings. The van der Waals surface area contributed by atoms with E-state index in [9.17, 15) is 19.5 Å². The Morgan fingerprint density at radius 3 is 2.33 bits per heavy atom. The molecule has 0 saturated carbocycles. The summed E-state index contributed by atoms with van der Waals surface area (Å²) in [7, 11) is 0. The Morgan fingerprint density at radius 1 is 1.21 bits per heavy atom. The van der Waals surface area contributed by atoms with E-state index in [-0.39, 0.29) is 18.7 Å². The van der Waals surface area contributed by atoms with Crippen molar-refractivity contribution in [1.82, 2.24) is 10.6 Å². The summed E-state index contributed by atoms with van der Waals surface area (Å²) in [6, 6.07) is 8.90. The normalized spacial score (nSPS) is 13.9. The van der Waals surface area contributed by atoms with Gasteiger partial charge in [-0.05, 0) is 5.56 Å². The van der Waals surface area contributed by atoms with Crippen LogP contribution >= 0.6 is 0 Å².